The van der Waals surface area contributed by atoms with Gasteiger partial charge in [0.05, 0.1) is 11.1 Å². The number of rotatable bonds is 6. The molecule has 6 nitrogen and oxygen atoms in total. The van der Waals surface area contributed by atoms with Gasteiger partial charge in [-0.3, -0.25) is 0 Å². The first-order chi connectivity index (χ1) is 9.02. The van der Waals surface area contributed by atoms with Crippen molar-refractivity contribution in [1.82, 2.24) is 0 Å². The predicted molar refractivity (Wildman–Crippen MR) is 72.3 cm³/mol. The van der Waals surface area contributed by atoms with Crippen molar-refractivity contribution in [2.45, 2.75) is 19.3 Å². The molecule has 0 unspecified atom stereocenters. The maximum absolute atomic E-state index is 10.4. The van der Waals surface area contributed by atoms with E-state index in [0.717, 1.165) is 32.0 Å². The number of carboxylic acids is 2. The molecule has 106 valence electrons. The maximum Gasteiger partial charge on any atom is 0.335 e. The van der Waals surface area contributed by atoms with Crippen molar-refractivity contribution in [2.24, 2.45) is 11.5 Å². The summed E-state index contributed by atoms with van der Waals surface area (Å²) in [6.45, 7) is 1.61. The second kappa shape index (κ2) is 10.0. The van der Waals surface area contributed by atoms with E-state index >= 15 is 0 Å². The Kier molecular flexibility index (Phi) is 9.03. The minimum Gasteiger partial charge on any atom is -0.478 e. The number of unbranched alkanes of at least 4 members (excludes halogenated alkanes) is 2. The Labute approximate surface area is 112 Å². The van der Waals surface area contributed by atoms with Crippen LogP contribution >= 0.6 is 0 Å². The van der Waals surface area contributed by atoms with E-state index in [9.17, 15) is 9.59 Å². The van der Waals surface area contributed by atoms with Crippen molar-refractivity contribution in [3.8, 4) is 0 Å². The molecule has 0 aliphatic carbocycles. The van der Waals surface area contributed by atoms with Crippen molar-refractivity contribution in [3.63, 3.8) is 0 Å². The average molecular weight is 268 g/mol. The van der Waals surface area contributed by atoms with Gasteiger partial charge in [0.15, 0.2) is 0 Å². The Morgan fingerprint density at radius 1 is 0.895 bits per heavy atom. The van der Waals surface area contributed by atoms with E-state index in [-0.39, 0.29) is 11.1 Å². The summed E-state index contributed by atoms with van der Waals surface area (Å²) in [5.41, 5.74) is 10.4. The first-order valence-corrected chi connectivity index (χ1v) is 5.99. The van der Waals surface area contributed by atoms with Gasteiger partial charge in [0.25, 0.3) is 0 Å². The third-order valence-corrected chi connectivity index (χ3v) is 2.26. The third-order valence-electron chi connectivity index (χ3n) is 2.26. The standard InChI is InChI=1S/C8H6O4.C5H14N2/c9-7(10)5-2-1-3-6(4-5)8(11)12;6-4-2-1-3-5-7/h1-4H,(H,9,10)(H,11,12);1-7H2. The van der Waals surface area contributed by atoms with Gasteiger partial charge in [0.2, 0.25) is 0 Å². The molecule has 1 rings (SSSR count). The zero-order chi connectivity index (χ0) is 14.7. The van der Waals surface area contributed by atoms with Gasteiger partial charge in [-0.05, 0) is 44.1 Å². The van der Waals surface area contributed by atoms with E-state index in [1.807, 2.05) is 0 Å². The van der Waals surface area contributed by atoms with Crippen molar-refractivity contribution >= 4 is 11.9 Å². The molecule has 1 aromatic carbocycles. The number of carboxylic acid groups (broad SMARTS) is 2. The molecule has 0 heterocycles. The van der Waals surface area contributed by atoms with E-state index in [1.165, 1.54) is 24.6 Å². The van der Waals surface area contributed by atoms with Crippen molar-refractivity contribution in [1.29, 1.82) is 0 Å². The number of hydrogen-bond donors (Lipinski definition) is 4. The second-order valence-electron chi connectivity index (χ2n) is 3.83. The van der Waals surface area contributed by atoms with Crippen molar-refractivity contribution in [3.05, 3.63) is 35.4 Å². The molecule has 0 atom stereocenters. The molecule has 0 aliphatic heterocycles. The summed E-state index contributed by atoms with van der Waals surface area (Å²) < 4.78 is 0. The Morgan fingerprint density at radius 2 is 1.32 bits per heavy atom. The van der Waals surface area contributed by atoms with Crippen LogP contribution in [0.3, 0.4) is 0 Å². The minimum absolute atomic E-state index is 0.0186. The number of nitrogens with two attached hydrogens (primary N) is 2. The zero-order valence-corrected chi connectivity index (χ0v) is 10.7. The smallest absolute Gasteiger partial charge is 0.335 e. The van der Waals surface area contributed by atoms with Gasteiger partial charge >= 0.3 is 11.9 Å². The van der Waals surface area contributed by atoms with Gasteiger partial charge in [0, 0.05) is 0 Å². The molecule has 6 heteroatoms. The minimum atomic E-state index is -1.13. The highest BCUT2D eigenvalue weighted by Crippen LogP contribution is 2.04. The molecule has 0 radical (unpaired) electrons. The van der Waals surface area contributed by atoms with Crippen LogP contribution in [0.15, 0.2) is 24.3 Å². The largest absolute Gasteiger partial charge is 0.478 e. The Balaban J connectivity index is 0.000000399. The summed E-state index contributed by atoms with van der Waals surface area (Å²) in [4.78, 5) is 20.8. The van der Waals surface area contributed by atoms with Crippen LogP contribution in [0.4, 0.5) is 0 Å². The fraction of sp³-hybridized carbons (Fsp3) is 0.385. The Hall–Kier alpha value is -1.92. The molecule has 0 fully saturated rings. The van der Waals surface area contributed by atoms with Gasteiger partial charge in [-0.15, -0.1) is 0 Å². The molecule has 0 saturated carbocycles. The summed E-state index contributed by atoms with van der Waals surface area (Å²) in [5.74, 6) is -2.25. The number of benzene rings is 1. The van der Waals surface area contributed by atoms with Crippen LogP contribution in [0.2, 0.25) is 0 Å². The van der Waals surface area contributed by atoms with Crippen LogP contribution in [0.25, 0.3) is 0 Å². The normalized spacial score (nSPS) is 9.37. The van der Waals surface area contributed by atoms with E-state index in [2.05, 4.69) is 0 Å². The van der Waals surface area contributed by atoms with Crippen LogP contribution in [-0.4, -0.2) is 35.2 Å². The van der Waals surface area contributed by atoms with E-state index in [0.29, 0.717) is 0 Å². The number of aromatic carboxylic acids is 2. The molecule has 0 amide bonds. The quantitative estimate of drug-likeness (QED) is 0.573. The van der Waals surface area contributed by atoms with Gasteiger partial charge in [-0.2, -0.15) is 0 Å². The van der Waals surface area contributed by atoms with Gasteiger partial charge in [-0.25, -0.2) is 9.59 Å². The lowest BCUT2D eigenvalue weighted by Crippen LogP contribution is -2.02. The summed E-state index contributed by atoms with van der Waals surface area (Å²) in [6.07, 6.45) is 3.43. The Morgan fingerprint density at radius 3 is 1.63 bits per heavy atom. The molecule has 1 aromatic rings. The van der Waals surface area contributed by atoms with Crippen LogP contribution in [0.5, 0.6) is 0 Å². The molecule has 0 aromatic heterocycles. The zero-order valence-electron chi connectivity index (χ0n) is 10.7. The van der Waals surface area contributed by atoms with Crippen molar-refractivity contribution < 1.29 is 19.8 Å². The van der Waals surface area contributed by atoms with Crippen LogP contribution < -0.4 is 11.5 Å². The molecule has 0 aliphatic rings. The van der Waals surface area contributed by atoms with E-state index in [4.69, 9.17) is 21.7 Å². The monoisotopic (exact) mass is 268 g/mol. The Bertz CT molecular complexity index is 374. The summed E-state index contributed by atoms with van der Waals surface area (Å²) in [6, 6.07) is 5.20. The molecule has 0 bridgehead atoms. The fourth-order valence-electron chi connectivity index (χ4n) is 1.25. The van der Waals surface area contributed by atoms with Gasteiger partial charge < -0.3 is 21.7 Å². The lowest BCUT2D eigenvalue weighted by atomic mass is 10.1. The maximum atomic E-state index is 10.4. The van der Waals surface area contributed by atoms with E-state index in [1.54, 1.807) is 0 Å². The highest BCUT2D eigenvalue weighted by molar-refractivity contribution is 5.93. The molecular weight excluding hydrogens is 248 g/mol. The number of hydrogen-bond acceptors (Lipinski definition) is 4. The highest BCUT2D eigenvalue weighted by atomic mass is 16.4. The first-order valence-electron chi connectivity index (χ1n) is 5.99. The van der Waals surface area contributed by atoms with Crippen molar-refractivity contribution in [2.75, 3.05) is 13.1 Å². The number of carbonyl (C=O) groups is 2. The topological polar surface area (TPSA) is 127 Å². The molecular formula is C13H20N2O4. The molecule has 0 spiro atoms. The average Bonchev–Trinajstić information content (AvgIpc) is 2.40. The predicted octanol–water partition coefficient (Wildman–Crippen LogP) is 1.16. The fourth-order valence-corrected chi connectivity index (χ4v) is 1.25. The molecule has 0 saturated heterocycles. The lowest BCUT2D eigenvalue weighted by molar-refractivity contribution is 0.0696. The van der Waals surface area contributed by atoms with Gasteiger partial charge in [0.1, 0.15) is 0 Å². The molecule has 6 N–H and O–H groups in total. The van der Waals surface area contributed by atoms with Crippen LogP contribution in [0.1, 0.15) is 40.0 Å². The second-order valence-corrected chi connectivity index (χ2v) is 3.83. The lowest BCUT2D eigenvalue weighted by Gasteiger charge is -1.95. The summed E-state index contributed by atoms with van der Waals surface area (Å²) >= 11 is 0. The highest BCUT2D eigenvalue weighted by Gasteiger charge is 2.06. The SMILES string of the molecule is NCCCCCN.O=C(O)c1cccc(C(=O)O)c1. The first kappa shape index (κ1) is 17.1. The molecule has 19 heavy (non-hydrogen) atoms. The summed E-state index contributed by atoms with van der Waals surface area (Å²) in [5, 5.41) is 17.0. The van der Waals surface area contributed by atoms with Gasteiger partial charge in [-0.1, -0.05) is 12.5 Å². The van der Waals surface area contributed by atoms with Crippen LogP contribution in [-0.2, 0) is 0 Å². The van der Waals surface area contributed by atoms with Crippen LogP contribution in [0, 0.1) is 0 Å². The summed E-state index contributed by atoms with van der Waals surface area (Å²) in [7, 11) is 0. The third kappa shape index (κ3) is 7.91. The van der Waals surface area contributed by atoms with E-state index < -0.39 is 11.9 Å².